The van der Waals surface area contributed by atoms with Gasteiger partial charge < -0.3 is 5.11 Å². The quantitative estimate of drug-likeness (QED) is 0.508. The van der Waals surface area contributed by atoms with Gasteiger partial charge in [0.15, 0.2) is 0 Å². The minimum absolute atomic E-state index is 0.0197. The second-order valence-corrected chi connectivity index (χ2v) is 3.97. The van der Waals surface area contributed by atoms with E-state index in [2.05, 4.69) is 10.0 Å². The molecular formula is C14H11N3O2. The lowest BCUT2D eigenvalue weighted by Gasteiger charge is -2.08. The van der Waals surface area contributed by atoms with Crippen LogP contribution >= 0.6 is 0 Å². The highest BCUT2D eigenvalue weighted by molar-refractivity contribution is 5.94. The zero-order chi connectivity index (χ0) is 13.7. The lowest BCUT2D eigenvalue weighted by atomic mass is 10.0. The number of hydrogen-bond donors (Lipinski definition) is 1. The lowest BCUT2D eigenvalue weighted by Crippen LogP contribution is -1.99. The van der Waals surface area contributed by atoms with Crippen molar-refractivity contribution in [3.63, 3.8) is 0 Å². The molecule has 2 aromatic carbocycles. The number of benzene rings is 2. The molecule has 0 atom stereocenters. The van der Waals surface area contributed by atoms with Gasteiger partial charge in [0.2, 0.25) is 0 Å². The van der Waals surface area contributed by atoms with E-state index in [0.717, 1.165) is 5.56 Å². The van der Waals surface area contributed by atoms with Crippen LogP contribution in [-0.2, 0) is 6.42 Å². The van der Waals surface area contributed by atoms with E-state index in [-0.39, 0.29) is 11.3 Å². The van der Waals surface area contributed by atoms with Crippen molar-refractivity contribution in [3.8, 4) is 0 Å². The Hall–Kier alpha value is -2.78. The number of azide groups is 1. The maximum atomic E-state index is 11.1. The molecule has 0 amide bonds. The molecule has 0 unspecified atom stereocenters. The van der Waals surface area contributed by atoms with Gasteiger partial charge in [-0.1, -0.05) is 47.6 Å². The zero-order valence-corrected chi connectivity index (χ0v) is 10.0. The van der Waals surface area contributed by atoms with Crippen LogP contribution in [0.2, 0.25) is 0 Å². The number of aromatic carboxylic acids is 1. The molecule has 0 radical (unpaired) electrons. The first kappa shape index (κ1) is 12.7. The fourth-order valence-corrected chi connectivity index (χ4v) is 1.89. The second kappa shape index (κ2) is 5.71. The fourth-order valence-electron chi connectivity index (χ4n) is 1.89. The maximum absolute atomic E-state index is 11.1. The minimum atomic E-state index is -1.10. The summed E-state index contributed by atoms with van der Waals surface area (Å²) in [4.78, 5) is 13.8. The van der Waals surface area contributed by atoms with Gasteiger partial charge in [0.1, 0.15) is 0 Å². The molecule has 0 aromatic heterocycles. The van der Waals surface area contributed by atoms with Crippen molar-refractivity contribution in [3.05, 3.63) is 75.7 Å². The Bertz CT molecular complexity index is 647. The Morgan fingerprint density at radius 3 is 2.53 bits per heavy atom. The summed E-state index contributed by atoms with van der Waals surface area (Å²) in [7, 11) is 0. The van der Waals surface area contributed by atoms with Crippen molar-refractivity contribution < 1.29 is 9.90 Å². The van der Waals surface area contributed by atoms with Crippen LogP contribution in [-0.4, -0.2) is 11.1 Å². The van der Waals surface area contributed by atoms with E-state index >= 15 is 0 Å². The molecule has 0 aliphatic heterocycles. The summed E-state index contributed by atoms with van der Waals surface area (Å²) >= 11 is 0. The highest BCUT2D eigenvalue weighted by Crippen LogP contribution is 2.27. The van der Waals surface area contributed by atoms with Gasteiger partial charge in [-0.2, -0.15) is 0 Å². The molecule has 5 heteroatoms. The fraction of sp³-hybridized carbons (Fsp3) is 0.0714. The third-order valence-corrected chi connectivity index (χ3v) is 2.73. The number of rotatable bonds is 4. The summed E-state index contributed by atoms with van der Waals surface area (Å²) in [6, 6.07) is 14.4. The third-order valence-electron chi connectivity index (χ3n) is 2.73. The van der Waals surface area contributed by atoms with Gasteiger partial charge in [-0.05, 0) is 29.1 Å². The van der Waals surface area contributed by atoms with Crippen LogP contribution in [0.5, 0.6) is 0 Å². The van der Waals surface area contributed by atoms with Gasteiger partial charge in [-0.3, -0.25) is 0 Å². The van der Waals surface area contributed by atoms with Crippen LogP contribution in [0.3, 0.4) is 0 Å². The molecule has 19 heavy (non-hydrogen) atoms. The van der Waals surface area contributed by atoms with Crippen molar-refractivity contribution in [2.45, 2.75) is 6.42 Å². The number of hydrogen-bond acceptors (Lipinski definition) is 2. The summed E-state index contributed by atoms with van der Waals surface area (Å²) in [6.07, 6.45) is 0.524. The monoisotopic (exact) mass is 253 g/mol. The summed E-state index contributed by atoms with van der Waals surface area (Å²) < 4.78 is 0. The molecule has 0 spiro atoms. The first-order chi connectivity index (χ1) is 9.22. The zero-order valence-electron chi connectivity index (χ0n) is 10.0. The highest BCUT2D eigenvalue weighted by Gasteiger charge is 2.12. The van der Waals surface area contributed by atoms with Gasteiger partial charge >= 0.3 is 5.97 Å². The molecule has 0 saturated heterocycles. The largest absolute Gasteiger partial charge is 0.478 e. The second-order valence-electron chi connectivity index (χ2n) is 3.97. The number of carboxylic acids is 1. The normalized spacial score (nSPS) is 9.68. The summed E-state index contributed by atoms with van der Waals surface area (Å²) in [6.45, 7) is 0. The van der Waals surface area contributed by atoms with E-state index in [9.17, 15) is 4.79 Å². The van der Waals surface area contributed by atoms with Crippen molar-refractivity contribution in [2.24, 2.45) is 5.11 Å². The molecule has 94 valence electrons. The summed E-state index contributed by atoms with van der Waals surface area (Å²) in [5.74, 6) is -1.10. The molecule has 2 rings (SSSR count). The molecule has 0 saturated carbocycles. The van der Waals surface area contributed by atoms with E-state index in [1.54, 1.807) is 12.1 Å². The predicted octanol–water partition coefficient (Wildman–Crippen LogP) is 3.92. The van der Waals surface area contributed by atoms with Gasteiger partial charge in [0.25, 0.3) is 0 Å². The van der Waals surface area contributed by atoms with E-state index < -0.39 is 5.97 Å². The minimum Gasteiger partial charge on any atom is -0.478 e. The van der Waals surface area contributed by atoms with Crippen molar-refractivity contribution in [1.82, 2.24) is 0 Å². The van der Waals surface area contributed by atoms with E-state index in [0.29, 0.717) is 12.0 Å². The molecule has 0 aliphatic rings. The molecule has 2 aromatic rings. The van der Waals surface area contributed by atoms with E-state index in [1.165, 1.54) is 6.07 Å². The molecule has 0 heterocycles. The highest BCUT2D eigenvalue weighted by atomic mass is 16.4. The topological polar surface area (TPSA) is 86.1 Å². The Morgan fingerprint density at radius 2 is 1.89 bits per heavy atom. The number of carboxylic acid groups (broad SMARTS) is 1. The maximum Gasteiger partial charge on any atom is 0.336 e. The molecule has 5 nitrogen and oxygen atoms in total. The number of nitrogens with zero attached hydrogens (tertiary/aromatic N) is 3. The molecule has 0 bridgehead atoms. The molecular weight excluding hydrogens is 242 g/mol. The van der Waals surface area contributed by atoms with Crippen molar-refractivity contribution >= 4 is 11.7 Å². The Balaban J connectivity index is 2.48. The first-order valence-corrected chi connectivity index (χ1v) is 5.66. The van der Waals surface area contributed by atoms with Crippen LogP contribution < -0.4 is 0 Å². The average molecular weight is 253 g/mol. The van der Waals surface area contributed by atoms with Crippen LogP contribution in [0.1, 0.15) is 21.5 Å². The Labute approximate surface area is 109 Å². The first-order valence-electron chi connectivity index (χ1n) is 5.66. The van der Waals surface area contributed by atoms with Crippen LogP contribution in [0, 0.1) is 0 Å². The van der Waals surface area contributed by atoms with Crippen molar-refractivity contribution in [2.75, 3.05) is 0 Å². The van der Waals surface area contributed by atoms with Crippen LogP contribution in [0.4, 0.5) is 5.69 Å². The van der Waals surface area contributed by atoms with Gasteiger partial charge in [0, 0.05) is 4.91 Å². The summed E-state index contributed by atoms with van der Waals surface area (Å²) in [5, 5.41) is 12.6. The molecule has 0 aliphatic carbocycles. The van der Waals surface area contributed by atoms with E-state index in [4.69, 9.17) is 10.6 Å². The number of carbonyl (C=O) groups is 1. The van der Waals surface area contributed by atoms with Crippen molar-refractivity contribution in [1.29, 1.82) is 0 Å². The van der Waals surface area contributed by atoms with Crippen LogP contribution in [0.25, 0.3) is 10.4 Å². The Morgan fingerprint density at radius 1 is 1.16 bits per heavy atom. The molecule has 0 fully saturated rings. The standard InChI is InChI=1S/C14H11N3O2/c15-17-16-13-11(7-4-8-12(13)14(18)19)9-10-5-2-1-3-6-10/h1-8H,9H2,(H,18,19). The Kier molecular flexibility index (Phi) is 3.81. The molecule has 1 N–H and O–H groups in total. The average Bonchev–Trinajstić information content (AvgIpc) is 2.42. The lowest BCUT2D eigenvalue weighted by molar-refractivity contribution is 0.0697. The third kappa shape index (κ3) is 2.91. The summed E-state index contributed by atoms with van der Waals surface area (Å²) in [5.41, 5.74) is 10.5. The van der Waals surface area contributed by atoms with Gasteiger partial charge in [-0.15, -0.1) is 0 Å². The van der Waals surface area contributed by atoms with E-state index in [1.807, 2.05) is 30.3 Å². The predicted molar refractivity (Wildman–Crippen MR) is 71.5 cm³/mol. The van der Waals surface area contributed by atoms with Crippen LogP contribution in [0.15, 0.2) is 53.6 Å². The van der Waals surface area contributed by atoms with Gasteiger partial charge in [0.05, 0.1) is 11.3 Å². The van der Waals surface area contributed by atoms with Gasteiger partial charge in [-0.25, -0.2) is 4.79 Å². The SMILES string of the molecule is [N-]=[N+]=Nc1c(Cc2ccccc2)cccc1C(=O)O. The smallest absolute Gasteiger partial charge is 0.336 e.